The van der Waals surface area contributed by atoms with Gasteiger partial charge in [0.25, 0.3) is 0 Å². The van der Waals surface area contributed by atoms with Crippen LogP contribution in [-0.2, 0) is 4.84 Å². The average molecular weight is 156 g/mol. The second-order valence-electron chi connectivity index (χ2n) is 0.871. The van der Waals surface area contributed by atoms with Crippen LogP contribution in [0.4, 0.5) is 0 Å². The molecule has 0 spiro atoms. The van der Waals surface area contributed by atoms with Crippen molar-refractivity contribution in [1.82, 2.24) is 0 Å². The lowest BCUT2D eigenvalue weighted by molar-refractivity contribution is 0.138. The van der Waals surface area contributed by atoms with E-state index in [0.29, 0.717) is 6.61 Å². The molecule has 0 aliphatic heterocycles. The van der Waals surface area contributed by atoms with Crippen LogP contribution in [-0.4, -0.2) is 6.61 Å². The third kappa shape index (κ3) is 8.83. The smallest absolute Gasteiger partial charge is 0.0676 e. The number of hydrogen-bond acceptors (Lipinski definition) is 2. The monoisotopic (exact) mass is 155 g/mol. The van der Waals surface area contributed by atoms with Crippen LogP contribution in [0, 0.1) is 0 Å². The summed E-state index contributed by atoms with van der Waals surface area (Å²) in [6.45, 7) is 2.67. The van der Waals surface area contributed by atoms with Crippen molar-refractivity contribution < 1.29 is 4.84 Å². The molecular formula is C3H10BrNO. The summed E-state index contributed by atoms with van der Waals surface area (Å²) in [4.78, 5) is 4.19. The molecule has 0 aromatic heterocycles. The third-order valence-electron chi connectivity index (χ3n) is 0.322. The molecule has 0 unspecified atom stereocenters. The topological polar surface area (TPSA) is 35.2 Å². The molecule has 6 heavy (non-hydrogen) atoms. The summed E-state index contributed by atoms with van der Waals surface area (Å²) < 4.78 is 0. The average Bonchev–Trinajstić information content (AvgIpc) is 1.41. The fourth-order valence-electron chi connectivity index (χ4n) is 0.118. The number of rotatable bonds is 2. The van der Waals surface area contributed by atoms with E-state index < -0.39 is 0 Å². The standard InChI is InChI=1S/C3H9NO.BrH/c1-2-3-5-4;/h2-4H2,1H3;1H. The molecule has 0 radical (unpaired) electrons. The molecule has 3 heteroatoms. The minimum atomic E-state index is 0. The van der Waals surface area contributed by atoms with Gasteiger partial charge in [-0.25, -0.2) is 5.90 Å². The molecule has 0 fully saturated rings. The quantitative estimate of drug-likeness (QED) is 0.602. The highest BCUT2D eigenvalue weighted by Crippen LogP contribution is 1.67. The van der Waals surface area contributed by atoms with Gasteiger partial charge in [-0.1, -0.05) is 6.92 Å². The summed E-state index contributed by atoms with van der Waals surface area (Å²) in [6.07, 6.45) is 0.997. The highest BCUT2D eigenvalue weighted by atomic mass is 79.9. The predicted octanol–water partition coefficient (Wildman–Crippen LogP) is 0.865. The first-order valence-electron chi connectivity index (χ1n) is 1.73. The molecule has 0 aliphatic carbocycles. The van der Waals surface area contributed by atoms with E-state index in [1.807, 2.05) is 6.92 Å². The summed E-state index contributed by atoms with van der Waals surface area (Å²) in [6, 6.07) is 0. The van der Waals surface area contributed by atoms with Gasteiger partial charge in [-0.3, -0.25) is 0 Å². The fraction of sp³-hybridized carbons (Fsp3) is 1.00. The van der Waals surface area contributed by atoms with Crippen LogP contribution in [0.25, 0.3) is 0 Å². The van der Waals surface area contributed by atoms with Crippen molar-refractivity contribution >= 4 is 17.0 Å². The Morgan fingerprint density at radius 3 is 2.17 bits per heavy atom. The van der Waals surface area contributed by atoms with Crippen molar-refractivity contribution in [3.8, 4) is 0 Å². The van der Waals surface area contributed by atoms with Gasteiger partial charge in [0.2, 0.25) is 0 Å². The van der Waals surface area contributed by atoms with E-state index in [2.05, 4.69) is 10.7 Å². The van der Waals surface area contributed by atoms with Gasteiger partial charge < -0.3 is 4.84 Å². The Morgan fingerprint density at radius 2 is 2.17 bits per heavy atom. The Hall–Kier alpha value is 0.400. The van der Waals surface area contributed by atoms with Gasteiger partial charge in [0.05, 0.1) is 6.61 Å². The normalized spacial score (nSPS) is 7.00. The highest BCUT2D eigenvalue weighted by Gasteiger charge is 1.66. The zero-order valence-electron chi connectivity index (χ0n) is 3.81. The van der Waals surface area contributed by atoms with Gasteiger partial charge in [-0.05, 0) is 6.42 Å². The maximum atomic E-state index is 4.64. The van der Waals surface area contributed by atoms with Gasteiger partial charge in [0, 0.05) is 0 Å². The van der Waals surface area contributed by atoms with Crippen LogP contribution in [0.1, 0.15) is 13.3 Å². The highest BCUT2D eigenvalue weighted by molar-refractivity contribution is 8.93. The maximum Gasteiger partial charge on any atom is 0.0676 e. The van der Waals surface area contributed by atoms with Crippen molar-refractivity contribution in [1.29, 1.82) is 0 Å². The van der Waals surface area contributed by atoms with Crippen molar-refractivity contribution in [2.45, 2.75) is 13.3 Å². The van der Waals surface area contributed by atoms with Crippen molar-refractivity contribution in [2.75, 3.05) is 6.61 Å². The summed E-state index contributed by atoms with van der Waals surface area (Å²) in [5.41, 5.74) is 0. The van der Waals surface area contributed by atoms with Gasteiger partial charge in [-0.15, -0.1) is 17.0 Å². The molecule has 0 saturated heterocycles. The van der Waals surface area contributed by atoms with Crippen LogP contribution < -0.4 is 5.90 Å². The predicted molar refractivity (Wildman–Crippen MR) is 30.8 cm³/mol. The summed E-state index contributed by atoms with van der Waals surface area (Å²) in [7, 11) is 0. The molecule has 0 amide bonds. The molecule has 0 rings (SSSR count). The summed E-state index contributed by atoms with van der Waals surface area (Å²) >= 11 is 0. The Bertz CT molecular complexity index is 18.3. The van der Waals surface area contributed by atoms with Gasteiger partial charge in [0.1, 0.15) is 0 Å². The molecule has 0 aromatic carbocycles. The van der Waals surface area contributed by atoms with E-state index in [4.69, 9.17) is 0 Å². The lowest BCUT2D eigenvalue weighted by atomic mass is 10.5. The van der Waals surface area contributed by atoms with Crippen molar-refractivity contribution in [2.24, 2.45) is 5.90 Å². The maximum absolute atomic E-state index is 4.64. The Labute approximate surface area is 48.4 Å². The molecular weight excluding hydrogens is 146 g/mol. The first-order chi connectivity index (χ1) is 2.41. The molecule has 2 N–H and O–H groups in total. The lowest BCUT2D eigenvalue weighted by Gasteiger charge is -1.83. The van der Waals surface area contributed by atoms with Crippen LogP contribution in [0.3, 0.4) is 0 Å². The van der Waals surface area contributed by atoms with Crippen molar-refractivity contribution in [3.05, 3.63) is 0 Å². The minimum Gasteiger partial charge on any atom is -0.305 e. The number of nitrogens with two attached hydrogens (primary N) is 1. The van der Waals surface area contributed by atoms with Gasteiger partial charge in [0.15, 0.2) is 0 Å². The molecule has 0 aliphatic rings. The first-order valence-corrected chi connectivity index (χ1v) is 1.73. The van der Waals surface area contributed by atoms with Crippen molar-refractivity contribution in [3.63, 3.8) is 0 Å². The zero-order chi connectivity index (χ0) is 4.12. The SMILES string of the molecule is Br.CCCON. The van der Waals surface area contributed by atoms with Gasteiger partial charge >= 0.3 is 0 Å². The molecule has 40 valence electrons. The van der Waals surface area contributed by atoms with E-state index in [0.717, 1.165) is 6.42 Å². The van der Waals surface area contributed by atoms with Crippen LogP contribution in [0.2, 0.25) is 0 Å². The lowest BCUT2D eigenvalue weighted by Crippen LogP contribution is -1.97. The first kappa shape index (κ1) is 9.64. The minimum absolute atomic E-state index is 0. The molecule has 0 atom stereocenters. The zero-order valence-corrected chi connectivity index (χ0v) is 5.52. The Morgan fingerprint density at radius 1 is 1.67 bits per heavy atom. The van der Waals surface area contributed by atoms with Crippen LogP contribution in [0.5, 0.6) is 0 Å². The fourth-order valence-corrected chi connectivity index (χ4v) is 0.118. The van der Waals surface area contributed by atoms with E-state index in [1.165, 1.54) is 0 Å². The second-order valence-corrected chi connectivity index (χ2v) is 0.871. The summed E-state index contributed by atoms with van der Waals surface area (Å²) in [5, 5.41) is 0. The number of halogens is 1. The second kappa shape index (κ2) is 9.04. The Kier molecular flexibility index (Phi) is 14.5. The Balaban J connectivity index is 0. The van der Waals surface area contributed by atoms with E-state index in [9.17, 15) is 0 Å². The van der Waals surface area contributed by atoms with Gasteiger partial charge in [-0.2, -0.15) is 0 Å². The van der Waals surface area contributed by atoms with E-state index in [-0.39, 0.29) is 17.0 Å². The third-order valence-corrected chi connectivity index (χ3v) is 0.322. The molecule has 0 aromatic rings. The molecule has 2 nitrogen and oxygen atoms in total. The summed E-state index contributed by atoms with van der Waals surface area (Å²) in [5.74, 6) is 4.64. The molecule has 0 saturated carbocycles. The van der Waals surface area contributed by atoms with Crippen LogP contribution in [0.15, 0.2) is 0 Å². The molecule has 0 heterocycles. The molecule has 0 bridgehead atoms. The number of hydrogen-bond donors (Lipinski definition) is 1. The largest absolute Gasteiger partial charge is 0.305 e. The van der Waals surface area contributed by atoms with E-state index in [1.54, 1.807) is 0 Å². The van der Waals surface area contributed by atoms with Crippen LogP contribution >= 0.6 is 17.0 Å². The van der Waals surface area contributed by atoms with E-state index >= 15 is 0 Å².